The fourth-order valence-corrected chi connectivity index (χ4v) is 4.75. The van der Waals surface area contributed by atoms with Crippen LogP contribution in [0.5, 0.6) is 0 Å². The van der Waals surface area contributed by atoms with Crippen LogP contribution in [0.25, 0.3) is 0 Å². The second-order valence-corrected chi connectivity index (χ2v) is 8.50. The number of rotatable bonds is 3. The van der Waals surface area contributed by atoms with Crippen molar-refractivity contribution in [3.05, 3.63) is 0 Å². The summed E-state index contributed by atoms with van der Waals surface area (Å²) in [6.07, 6.45) is 2.42. The van der Waals surface area contributed by atoms with E-state index in [-0.39, 0.29) is 35.9 Å². The Morgan fingerprint density at radius 2 is 1.81 bits per heavy atom. The second kappa shape index (κ2) is 6.34. The number of hydrogen-bond donors (Lipinski definition) is 0. The van der Waals surface area contributed by atoms with Gasteiger partial charge in [-0.1, -0.05) is 6.92 Å². The van der Waals surface area contributed by atoms with E-state index in [0.29, 0.717) is 12.3 Å². The van der Waals surface area contributed by atoms with Crippen LogP contribution in [0.2, 0.25) is 0 Å². The van der Waals surface area contributed by atoms with Gasteiger partial charge in [0.25, 0.3) is 0 Å². The zero-order valence-electron chi connectivity index (χ0n) is 12.7. The molecule has 1 atom stereocenters. The summed E-state index contributed by atoms with van der Waals surface area (Å²) < 4.78 is 23.1. The van der Waals surface area contributed by atoms with E-state index in [1.54, 1.807) is 4.90 Å². The predicted octanol–water partition coefficient (Wildman–Crippen LogP) is 0.281. The van der Waals surface area contributed by atoms with Gasteiger partial charge in [-0.15, -0.1) is 0 Å². The highest BCUT2D eigenvalue weighted by Crippen LogP contribution is 2.20. The van der Waals surface area contributed by atoms with Crippen molar-refractivity contribution in [1.82, 2.24) is 9.80 Å². The van der Waals surface area contributed by atoms with Crippen molar-refractivity contribution in [2.24, 2.45) is 5.92 Å². The lowest BCUT2D eigenvalue weighted by molar-refractivity contribution is -0.141. The molecule has 2 fully saturated rings. The summed E-state index contributed by atoms with van der Waals surface area (Å²) in [5, 5.41) is 0. The summed E-state index contributed by atoms with van der Waals surface area (Å²) in [4.78, 5) is 27.3. The first kappa shape index (κ1) is 16.3. The molecule has 2 saturated heterocycles. The number of sulfone groups is 1. The summed E-state index contributed by atoms with van der Waals surface area (Å²) in [7, 11) is -3.06. The zero-order chi connectivity index (χ0) is 15.6. The first-order valence-electron chi connectivity index (χ1n) is 7.54. The Hall–Kier alpha value is -1.11. The highest BCUT2D eigenvalue weighted by Gasteiger charge is 2.35. The zero-order valence-corrected chi connectivity index (χ0v) is 13.6. The van der Waals surface area contributed by atoms with Gasteiger partial charge in [0.2, 0.25) is 11.8 Å². The van der Waals surface area contributed by atoms with Gasteiger partial charge in [0.15, 0.2) is 9.84 Å². The van der Waals surface area contributed by atoms with Crippen LogP contribution in [0, 0.1) is 5.92 Å². The molecule has 0 aliphatic carbocycles. The average molecular weight is 316 g/mol. The lowest BCUT2D eigenvalue weighted by atomic mass is 9.99. The van der Waals surface area contributed by atoms with Crippen molar-refractivity contribution < 1.29 is 18.0 Å². The molecule has 0 N–H and O–H groups in total. The van der Waals surface area contributed by atoms with Crippen molar-refractivity contribution in [2.75, 3.05) is 31.1 Å². The maximum Gasteiger partial charge on any atom is 0.242 e. The fourth-order valence-electron chi connectivity index (χ4n) is 3.02. The summed E-state index contributed by atoms with van der Waals surface area (Å²) in [6.45, 7) is 5.04. The summed E-state index contributed by atoms with van der Waals surface area (Å²) in [6, 6.07) is -0.347. The lowest BCUT2D eigenvalue weighted by Crippen LogP contribution is -2.48. The van der Waals surface area contributed by atoms with Crippen molar-refractivity contribution in [3.8, 4) is 0 Å². The van der Waals surface area contributed by atoms with E-state index >= 15 is 0 Å². The average Bonchev–Trinajstić information content (AvgIpc) is 2.76. The minimum absolute atomic E-state index is 0.00387. The quantitative estimate of drug-likeness (QED) is 0.749. The van der Waals surface area contributed by atoms with Crippen molar-refractivity contribution in [2.45, 2.75) is 39.2 Å². The summed E-state index contributed by atoms with van der Waals surface area (Å²) in [5.74, 6) is 0.434. The Kier molecular flexibility index (Phi) is 4.91. The monoisotopic (exact) mass is 316 g/mol. The fraction of sp³-hybridized carbons (Fsp3) is 0.857. The molecule has 0 aromatic carbocycles. The maximum atomic E-state index is 12.3. The minimum Gasteiger partial charge on any atom is -0.341 e. The highest BCUT2D eigenvalue weighted by atomic mass is 32.2. The molecular formula is C14H24N2O4S. The van der Waals surface area contributed by atoms with E-state index in [2.05, 4.69) is 6.92 Å². The van der Waals surface area contributed by atoms with Gasteiger partial charge >= 0.3 is 0 Å². The van der Waals surface area contributed by atoms with Gasteiger partial charge in [0.1, 0.15) is 6.54 Å². The number of carbonyl (C=O) groups excluding carboxylic acids is 2. The molecule has 120 valence electrons. The molecule has 0 spiro atoms. The second-order valence-electron chi connectivity index (χ2n) is 6.27. The van der Waals surface area contributed by atoms with Gasteiger partial charge in [-0.05, 0) is 25.2 Å². The summed E-state index contributed by atoms with van der Waals surface area (Å²) >= 11 is 0. The lowest BCUT2D eigenvalue weighted by Gasteiger charge is -2.33. The smallest absolute Gasteiger partial charge is 0.242 e. The first-order valence-corrected chi connectivity index (χ1v) is 9.36. The van der Waals surface area contributed by atoms with Crippen LogP contribution in [0.1, 0.15) is 33.1 Å². The topological polar surface area (TPSA) is 74.8 Å². The Bertz CT molecular complexity index is 509. The van der Waals surface area contributed by atoms with Gasteiger partial charge < -0.3 is 9.80 Å². The molecule has 2 aliphatic heterocycles. The molecule has 0 aromatic heterocycles. The van der Waals surface area contributed by atoms with Gasteiger partial charge in [0, 0.05) is 26.1 Å². The van der Waals surface area contributed by atoms with Crippen LogP contribution in [-0.2, 0) is 19.4 Å². The summed E-state index contributed by atoms with van der Waals surface area (Å²) in [5.41, 5.74) is 0. The number of piperidine rings is 1. The van der Waals surface area contributed by atoms with Crippen LogP contribution >= 0.6 is 0 Å². The SMILES string of the molecule is CC(=O)N(CC(=O)N1CCC(C)CC1)C1CCS(=O)(=O)C1. The normalized spacial score (nSPS) is 25.8. The highest BCUT2D eigenvalue weighted by molar-refractivity contribution is 7.91. The molecule has 0 bridgehead atoms. The number of hydrogen-bond acceptors (Lipinski definition) is 4. The maximum absolute atomic E-state index is 12.3. The van der Waals surface area contributed by atoms with E-state index in [0.717, 1.165) is 25.9 Å². The Balaban J connectivity index is 1.97. The molecule has 1 unspecified atom stereocenters. The Morgan fingerprint density at radius 1 is 1.19 bits per heavy atom. The third-order valence-electron chi connectivity index (χ3n) is 4.50. The first-order chi connectivity index (χ1) is 9.78. The van der Waals surface area contributed by atoms with Crippen LogP contribution in [0.3, 0.4) is 0 Å². The van der Waals surface area contributed by atoms with Gasteiger partial charge in [-0.2, -0.15) is 0 Å². The molecule has 0 radical (unpaired) electrons. The van der Waals surface area contributed by atoms with E-state index in [1.807, 2.05) is 0 Å². The molecular weight excluding hydrogens is 292 g/mol. The van der Waals surface area contributed by atoms with Crippen LogP contribution in [0.15, 0.2) is 0 Å². The molecule has 0 saturated carbocycles. The molecule has 2 rings (SSSR count). The molecule has 2 heterocycles. The number of amides is 2. The molecule has 6 nitrogen and oxygen atoms in total. The van der Waals surface area contributed by atoms with Crippen LogP contribution < -0.4 is 0 Å². The molecule has 2 aliphatic rings. The predicted molar refractivity (Wildman–Crippen MR) is 79.4 cm³/mol. The Morgan fingerprint density at radius 3 is 2.29 bits per heavy atom. The molecule has 7 heteroatoms. The van der Waals surface area contributed by atoms with Crippen molar-refractivity contribution in [3.63, 3.8) is 0 Å². The van der Waals surface area contributed by atoms with Crippen molar-refractivity contribution >= 4 is 21.7 Å². The molecule has 0 aromatic rings. The van der Waals surface area contributed by atoms with E-state index < -0.39 is 9.84 Å². The van der Waals surface area contributed by atoms with Crippen molar-refractivity contribution in [1.29, 1.82) is 0 Å². The number of likely N-dealkylation sites (tertiary alicyclic amines) is 1. The number of carbonyl (C=O) groups is 2. The molecule has 21 heavy (non-hydrogen) atoms. The largest absolute Gasteiger partial charge is 0.341 e. The van der Waals surface area contributed by atoms with Gasteiger partial charge in [-0.25, -0.2) is 8.42 Å². The third kappa shape index (κ3) is 4.18. The third-order valence-corrected chi connectivity index (χ3v) is 6.25. The van der Waals surface area contributed by atoms with Gasteiger partial charge in [0.05, 0.1) is 11.5 Å². The minimum atomic E-state index is -3.06. The van der Waals surface area contributed by atoms with Crippen LogP contribution in [-0.4, -0.2) is 67.2 Å². The van der Waals surface area contributed by atoms with E-state index in [1.165, 1.54) is 11.8 Å². The number of nitrogens with zero attached hydrogens (tertiary/aromatic N) is 2. The Labute approximate surface area is 126 Å². The standard InChI is InChI=1S/C14H24N2O4S/c1-11-3-6-15(7-4-11)14(18)9-16(12(2)17)13-5-8-21(19,20)10-13/h11,13H,3-10H2,1-2H3. The van der Waals surface area contributed by atoms with E-state index in [9.17, 15) is 18.0 Å². The van der Waals surface area contributed by atoms with Crippen LogP contribution in [0.4, 0.5) is 0 Å². The molecule has 2 amide bonds. The van der Waals surface area contributed by atoms with E-state index in [4.69, 9.17) is 0 Å². The van der Waals surface area contributed by atoms with Gasteiger partial charge in [-0.3, -0.25) is 9.59 Å².